The van der Waals surface area contributed by atoms with Crippen LogP contribution in [0.4, 0.5) is 0 Å². The lowest BCUT2D eigenvalue weighted by atomic mass is 10.1. The van der Waals surface area contributed by atoms with Crippen LogP contribution in [0.25, 0.3) is 0 Å². The number of amides is 4. The second-order valence-corrected chi connectivity index (χ2v) is 9.31. The van der Waals surface area contributed by atoms with Gasteiger partial charge in [0, 0.05) is 0 Å². The summed E-state index contributed by atoms with van der Waals surface area (Å²) in [6, 6.07) is 2.64. The Labute approximate surface area is 182 Å². The second kappa shape index (κ2) is 6.88. The summed E-state index contributed by atoms with van der Waals surface area (Å²) >= 11 is 0. The second-order valence-electron chi connectivity index (χ2n) is 6.53. The molecule has 0 radical (unpaired) electrons. The third-order valence-corrected chi connectivity index (χ3v) is 6.42. The van der Waals surface area contributed by atoms with Gasteiger partial charge in [0.1, 0.15) is 9.79 Å². The van der Waals surface area contributed by atoms with Crippen LogP contribution < -0.4 is 4.74 Å². The molecule has 4 amide bonds. The maximum absolute atomic E-state index is 12.3. The molecule has 172 valence electrons. The van der Waals surface area contributed by atoms with Gasteiger partial charge in [-0.15, -0.1) is 10.1 Å². The van der Waals surface area contributed by atoms with E-state index in [0.717, 1.165) is 12.1 Å². The van der Waals surface area contributed by atoms with Gasteiger partial charge < -0.3 is 4.74 Å². The van der Waals surface area contributed by atoms with Crippen molar-refractivity contribution in [1.29, 1.82) is 0 Å². The summed E-state index contributed by atoms with van der Waals surface area (Å²) in [5.74, 6) is -8.16. The third-order valence-electron chi connectivity index (χ3n) is 4.66. The lowest BCUT2D eigenvalue weighted by molar-refractivity contribution is -0.0330. The van der Waals surface area contributed by atoms with E-state index in [9.17, 15) is 55.5 Å². The summed E-state index contributed by atoms with van der Waals surface area (Å²) in [5, 5.41) is 18.4. The van der Waals surface area contributed by atoms with Crippen LogP contribution in [0.15, 0.2) is 34.1 Å². The van der Waals surface area contributed by atoms with Gasteiger partial charge in [0.25, 0.3) is 43.9 Å². The number of nitrogens with zero attached hydrogens (tertiary/aromatic N) is 2. The average molecular weight is 500 g/mol. The van der Waals surface area contributed by atoms with Crippen LogP contribution >= 0.6 is 0 Å². The minimum absolute atomic E-state index is 0.422. The number of hydrogen-bond donors (Lipinski definition) is 4. The van der Waals surface area contributed by atoms with Crippen molar-refractivity contribution in [3.63, 3.8) is 0 Å². The van der Waals surface area contributed by atoms with Crippen LogP contribution in [-0.2, 0) is 20.2 Å². The zero-order chi connectivity index (χ0) is 24.6. The smallest absolute Gasteiger partial charge is 0.298 e. The highest BCUT2D eigenvalue weighted by molar-refractivity contribution is 7.86. The number of benzene rings is 2. The van der Waals surface area contributed by atoms with Gasteiger partial charge in [-0.1, -0.05) is 0 Å². The minimum Gasteiger partial charge on any atom is -0.453 e. The molecule has 2 aliphatic rings. The van der Waals surface area contributed by atoms with Crippen LogP contribution in [0, 0.1) is 0 Å². The predicted molar refractivity (Wildman–Crippen MR) is 97.2 cm³/mol. The Morgan fingerprint density at radius 2 is 0.939 bits per heavy atom. The number of carbonyl (C=O) groups excluding carboxylic acids is 4. The molecule has 0 unspecified atom stereocenters. The number of ether oxygens (including phenoxy) is 1. The van der Waals surface area contributed by atoms with Crippen molar-refractivity contribution in [3.05, 3.63) is 46.5 Å². The van der Waals surface area contributed by atoms with E-state index in [4.69, 9.17) is 4.74 Å². The van der Waals surface area contributed by atoms with E-state index in [-0.39, 0.29) is 0 Å². The third kappa shape index (κ3) is 3.18. The predicted octanol–water partition coefficient (Wildman–Crippen LogP) is -0.0573. The Kier molecular flexibility index (Phi) is 4.68. The molecular weight excluding hydrogens is 492 g/mol. The van der Waals surface area contributed by atoms with Gasteiger partial charge in [0.15, 0.2) is 11.5 Å². The SMILES string of the molecule is O=C1c2ccc(S(=O)(=O)O)c(Oc3c(S(=O)(=O)O)ccc4c3C(=O)N(O)C4=O)c2C(=O)N1O. The number of rotatable bonds is 4. The Hall–Kier alpha value is -3.74. The van der Waals surface area contributed by atoms with E-state index < -0.39 is 97.5 Å². The van der Waals surface area contributed by atoms with E-state index in [1.54, 1.807) is 0 Å². The molecule has 2 heterocycles. The first-order valence-corrected chi connectivity index (χ1v) is 11.2. The quantitative estimate of drug-likeness (QED) is 0.245. The molecule has 0 saturated carbocycles. The number of fused-ring (bicyclic) bond motifs is 2. The Morgan fingerprint density at radius 1 is 0.606 bits per heavy atom. The molecule has 2 aromatic rings. The van der Waals surface area contributed by atoms with Crippen molar-refractivity contribution in [2.75, 3.05) is 0 Å². The molecule has 0 aromatic heterocycles. The molecule has 4 N–H and O–H groups in total. The van der Waals surface area contributed by atoms with Crippen molar-refractivity contribution >= 4 is 43.9 Å². The average Bonchev–Trinajstić information content (AvgIpc) is 3.07. The van der Waals surface area contributed by atoms with Crippen molar-refractivity contribution < 1.29 is 60.3 Å². The molecule has 2 aliphatic heterocycles. The van der Waals surface area contributed by atoms with Crippen molar-refractivity contribution in [2.45, 2.75) is 9.79 Å². The van der Waals surface area contributed by atoms with Gasteiger partial charge in [0.2, 0.25) is 0 Å². The number of imide groups is 2. The van der Waals surface area contributed by atoms with Gasteiger partial charge in [-0.05, 0) is 24.3 Å². The fourth-order valence-corrected chi connectivity index (χ4v) is 4.48. The molecule has 0 aliphatic carbocycles. The van der Waals surface area contributed by atoms with Crippen LogP contribution in [0.3, 0.4) is 0 Å². The molecule has 2 aromatic carbocycles. The molecule has 17 heteroatoms. The lowest BCUT2D eigenvalue weighted by Gasteiger charge is -2.16. The summed E-state index contributed by atoms with van der Waals surface area (Å²) in [4.78, 5) is 46.4. The summed E-state index contributed by atoms with van der Waals surface area (Å²) in [5.41, 5.74) is -3.16. The highest BCUT2D eigenvalue weighted by atomic mass is 32.2. The highest BCUT2D eigenvalue weighted by Gasteiger charge is 2.44. The summed E-state index contributed by atoms with van der Waals surface area (Å²) in [7, 11) is -10.5. The fraction of sp³-hybridized carbons (Fsp3) is 0. The molecule has 15 nitrogen and oxygen atoms in total. The van der Waals surface area contributed by atoms with Crippen molar-refractivity contribution in [3.8, 4) is 11.5 Å². The highest BCUT2D eigenvalue weighted by Crippen LogP contribution is 2.43. The fourth-order valence-electron chi connectivity index (χ4n) is 3.24. The van der Waals surface area contributed by atoms with Gasteiger partial charge >= 0.3 is 0 Å². The van der Waals surface area contributed by atoms with E-state index in [1.165, 1.54) is 0 Å². The van der Waals surface area contributed by atoms with Gasteiger partial charge in [0.05, 0.1) is 22.3 Å². The van der Waals surface area contributed by atoms with Crippen molar-refractivity contribution in [2.24, 2.45) is 0 Å². The zero-order valence-corrected chi connectivity index (χ0v) is 17.1. The summed E-state index contributed by atoms with van der Waals surface area (Å²) < 4.78 is 71.7. The van der Waals surface area contributed by atoms with Crippen LogP contribution in [0.1, 0.15) is 41.4 Å². The number of hydroxylamine groups is 4. The topological polar surface area (TPSA) is 233 Å². The van der Waals surface area contributed by atoms with Crippen molar-refractivity contribution in [1.82, 2.24) is 10.1 Å². The first-order valence-electron chi connectivity index (χ1n) is 8.28. The monoisotopic (exact) mass is 500 g/mol. The van der Waals surface area contributed by atoms with E-state index >= 15 is 0 Å². The van der Waals surface area contributed by atoms with Crippen LogP contribution in [0.5, 0.6) is 11.5 Å². The van der Waals surface area contributed by atoms with Gasteiger partial charge in [-0.25, -0.2) is 0 Å². The van der Waals surface area contributed by atoms with E-state index in [0.29, 0.717) is 12.1 Å². The molecule has 0 fully saturated rings. The van der Waals surface area contributed by atoms with E-state index in [2.05, 4.69) is 0 Å². The minimum atomic E-state index is -5.24. The molecule has 0 bridgehead atoms. The molecular formula is C16H8N2O13S2. The van der Waals surface area contributed by atoms with E-state index in [1.807, 2.05) is 0 Å². The Bertz CT molecular complexity index is 1430. The lowest BCUT2D eigenvalue weighted by Crippen LogP contribution is -2.25. The molecule has 33 heavy (non-hydrogen) atoms. The standard InChI is InChI=1S/C16H8N2O13S2/c19-13-5-1-3-7(32(25,26)27)11(9(5)15(21)17(13)23)31-12-8(33(28,29)30)4-2-6-10(12)16(22)18(24)14(6)20/h1-4,23-24H,(H,25,26,27)(H,28,29,30). The molecule has 0 spiro atoms. The Morgan fingerprint density at radius 3 is 1.24 bits per heavy atom. The Balaban J connectivity index is 2.10. The maximum atomic E-state index is 12.3. The van der Waals surface area contributed by atoms with Gasteiger partial charge in [-0.3, -0.25) is 38.7 Å². The summed E-state index contributed by atoms with van der Waals surface area (Å²) in [6.07, 6.45) is 0. The molecule has 0 saturated heterocycles. The van der Waals surface area contributed by atoms with Crippen LogP contribution in [0.2, 0.25) is 0 Å². The number of carbonyl (C=O) groups is 4. The largest absolute Gasteiger partial charge is 0.453 e. The first kappa shape index (κ1) is 22.5. The molecule has 0 atom stereocenters. The zero-order valence-electron chi connectivity index (χ0n) is 15.5. The normalized spacial score (nSPS) is 15.9. The molecule has 4 rings (SSSR count). The maximum Gasteiger partial charge on any atom is 0.298 e. The first-order chi connectivity index (χ1) is 15.2. The number of hydrogen-bond acceptors (Lipinski definition) is 11. The van der Waals surface area contributed by atoms with Crippen LogP contribution in [-0.4, -0.2) is 70.1 Å². The van der Waals surface area contributed by atoms with Gasteiger partial charge in [-0.2, -0.15) is 16.8 Å². The summed E-state index contributed by atoms with van der Waals surface area (Å²) in [6.45, 7) is 0.